The van der Waals surface area contributed by atoms with Gasteiger partial charge in [-0.05, 0) is 62.5 Å². The second-order valence-electron chi connectivity index (χ2n) is 8.48. The summed E-state index contributed by atoms with van der Waals surface area (Å²) in [4.78, 5) is 0. The molecule has 1 fully saturated rings. The third kappa shape index (κ3) is 2.71. The van der Waals surface area contributed by atoms with Crippen molar-refractivity contribution in [3.63, 3.8) is 0 Å². The first-order valence-electron chi connectivity index (χ1n) is 9.72. The molecule has 1 aromatic heterocycles. The molecule has 140 valence electrons. The summed E-state index contributed by atoms with van der Waals surface area (Å²) in [6.07, 6.45) is 0. The smallest absolute Gasteiger partial charge is 0.399 e. The second-order valence-corrected chi connectivity index (χ2v) is 9.57. The SMILES string of the molecule is CC1(C)OB(c2ccccc2-c2ccc3sc4ccccc4c3c2)OC1(C)C. The fraction of sp³-hybridized carbons (Fsp3) is 0.250. The summed E-state index contributed by atoms with van der Waals surface area (Å²) in [6, 6.07) is 23.8. The van der Waals surface area contributed by atoms with Crippen molar-refractivity contribution < 1.29 is 9.31 Å². The molecule has 2 nitrogen and oxygen atoms in total. The third-order valence-corrected chi connectivity index (χ3v) is 7.31. The maximum Gasteiger partial charge on any atom is 0.495 e. The zero-order valence-corrected chi connectivity index (χ0v) is 17.5. The number of benzene rings is 3. The largest absolute Gasteiger partial charge is 0.495 e. The Hall–Kier alpha value is -2.14. The summed E-state index contributed by atoms with van der Waals surface area (Å²) in [7, 11) is -0.365. The molecule has 5 rings (SSSR count). The van der Waals surface area contributed by atoms with Gasteiger partial charge in [0, 0.05) is 20.2 Å². The van der Waals surface area contributed by atoms with Crippen LogP contribution in [0.25, 0.3) is 31.3 Å². The fourth-order valence-corrected chi connectivity index (χ4v) is 4.92. The maximum atomic E-state index is 6.33. The van der Waals surface area contributed by atoms with Crippen molar-refractivity contribution >= 4 is 44.1 Å². The fourth-order valence-electron chi connectivity index (χ4n) is 3.83. The first kappa shape index (κ1) is 17.9. The minimum Gasteiger partial charge on any atom is -0.399 e. The van der Waals surface area contributed by atoms with Gasteiger partial charge in [-0.15, -0.1) is 11.3 Å². The van der Waals surface area contributed by atoms with Crippen LogP contribution in [0.4, 0.5) is 0 Å². The zero-order valence-electron chi connectivity index (χ0n) is 16.7. The minimum absolute atomic E-state index is 0.349. The van der Waals surface area contributed by atoms with Crippen LogP contribution >= 0.6 is 11.3 Å². The molecular formula is C24H23BO2S. The molecule has 0 bridgehead atoms. The molecule has 0 amide bonds. The van der Waals surface area contributed by atoms with Crippen LogP contribution in [0.2, 0.25) is 0 Å². The summed E-state index contributed by atoms with van der Waals surface area (Å²) in [6.45, 7) is 8.39. The van der Waals surface area contributed by atoms with Crippen molar-refractivity contribution in [1.82, 2.24) is 0 Å². The normalized spacial score (nSPS) is 18.2. The van der Waals surface area contributed by atoms with Gasteiger partial charge in [0.05, 0.1) is 11.2 Å². The lowest BCUT2D eigenvalue weighted by Gasteiger charge is -2.32. The predicted octanol–water partition coefficient (Wildman–Crippen LogP) is 6.02. The van der Waals surface area contributed by atoms with Gasteiger partial charge in [-0.2, -0.15) is 0 Å². The van der Waals surface area contributed by atoms with Crippen molar-refractivity contribution in [1.29, 1.82) is 0 Å². The molecule has 28 heavy (non-hydrogen) atoms. The van der Waals surface area contributed by atoms with Crippen molar-refractivity contribution in [3.05, 3.63) is 66.7 Å². The van der Waals surface area contributed by atoms with Crippen LogP contribution in [0.3, 0.4) is 0 Å². The molecule has 4 heteroatoms. The molecule has 0 unspecified atom stereocenters. The lowest BCUT2D eigenvalue weighted by Crippen LogP contribution is -2.41. The third-order valence-electron chi connectivity index (χ3n) is 6.16. The molecule has 0 aliphatic carbocycles. The maximum absolute atomic E-state index is 6.33. The molecule has 1 aliphatic rings. The molecule has 0 N–H and O–H groups in total. The van der Waals surface area contributed by atoms with E-state index in [9.17, 15) is 0 Å². The van der Waals surface area contributed by atoms with Crippen LogP contribution in [-0.4, -0.2) is 18.3 Å². The van der Waals surface area contributed by atoms with E-state index in [0.717, 1.165) is 11.0 Å². The van der Waals surface area contributed by atoms with E-state index >= 15 is 0 Å². The van der Waals surface area contributed by atoms with Crippen molar-refractivity contribution in [2.24, 2.45) is 0 Å². The Morgan fingerprint density at radius 3 is 2.14 bits per heavy atom. The summed E-state index contributed by atoms with van der Waals surface area (Å²) < 4.78 is 15.3. The Morgan fingerprint density at radius 2 is 1.36 bits per heavy atom. The van der Waals surface area contributed by atoms with Crippen LogP contribution < -0.4 is 5.46 Å². The monoisotopic (exact) mass is 386 g/mol. The highest BCUT2D eigenvalue weighted by Gasteiger charge is 2.52. The van der Waals surface area contributed by atoms with Crippen molar-refractivity contribution in [3.8, 4) is 11.1 Å². The van der Waals surface area contributed by atoms with Gasteiger partial charge in [0.1, 0.15) is 0 Å². The number of fused-ring (bicyclic) bond motifs is 3. The van der Waals surface area contributed by atoms with Gasteiger partial charge in [0.25, 0.3) is 0 Å². The summed E-state index contributed by atoms with van der Waals surface area (Å²) in [5.41, 5.74) is 2.75. The number of hydrogen-bond acceptors (Lipinski definition) is 3. The highest BCUT2D eigenvalue weighted by atomic mass is 32.1. The Kier molecular flexibility index (Phi) is 3.96. The highest BCUT2D eigenvalue weighted by Crippen LogP contribution is 2.39. The first-order valence-corrected chi connectivity index (χ1v) is 10.5. The molecular weight excluding hydrogens is 363 g/mol. The summed E-state index contributed by atoms with van der Waals surface area (Å²) in [5, 5.41) is 2.62. The molecule has 0 radical (unpaired) electrons. The molecule has 4 aromatic rings. The average Bonchev–Trinajstić information content (AvgIpc) is 3.15. The van der Waals surface area contributed by atoms with E-state index in [1.54, 1.807) is 0 Å². The van der Waals surface area contributed by atoms with Crippen LogP contribution in [0.5, 0.6) is 0 Å². The lowest BCUT2D eigenvalue weighted by molar-refractivity contribution is 0.00578. The van der Waals surface area contributed by atoms with Crippen LogP contribution in [0.15, 0.2) is 66.7 Å². The summed E-state index contributed by atoms with van der Waals surface area (Å²) >= 11 is 1.85. The van der Waals surface area contributed by atoms with Gasteiger partial charge in [-0.1, -0.05) is 48.5 Å². The molecule has 1 aliphatic heterocycles. The standard InChI is InChI=1S/C24H23BO2S/c1-23(2)24(3,4)27-25(26-23)20-11-7-5-9-17(20)16-13-14-22-19(15-16)18-10-6-8-12-21(18)28-22/h5-15H,1-4H3. The van der Waals surface area contributed by atoms with Crippen LogP contribution in [-0.2, 0) is 9.31 Å². The van der Waals surface area contributed by atoms with Crippen LogP contribution in [0, 0.1) is 0 Å². The first-order chi connectivity index (χ1) is 13.4. The Labute approximate surface area is 170 Å². The van der Waals surface area contributed by atoms with Crippen LogP contribution in [0.1, 0.15) is 27.7 Å². The van der Waals surface area contributed by atoms with Gasteiger partial charge in [-0.25, -0.2) is 0 Å². The van der Waals surface area contributed by atoms with E-state index < -0.39 is 0 Å². The van der Waals surface area contributed by atoms with Gasteiger partial charge >= 0.3 is 7.12 Å². The van der Waals surface area contributed by atoms with Crippen molar-refractivity contribution in [2.45, 2.75) is 38.9 Å². The Morgan fingerprint density at radius 1 is 0.714 bits per heavy atom. The topological polar surface area (TPSA) is 18.5 Å². The minimum atomic E-state index is -0.365. The second kappa shape index (κ2) is 6.18. The van der Waals surface area contributed by atoms with E-state index in [1.165, 1.54) is 25.7 Å². The van der Waals surface area contributed by atoms with E-state index in [0.29, 0.717) is 0 Å². The van der Waals surface area contributed by atoms with E-state index in [-0.39, 0.29) is 18.3 Å². The molecule has 0 atom stereocenters. The van der Waals surface area contributed by atoms with Gasteiger partial charge < -0.3 is 9.31 Å². The summed E-state index contributed by atoms with van der Waals surface area (Å²) in [5.74, 6) is 0. The zero-order chi connectivity index (χ0) is 19.5. The molecule has 3 aromatic carbocycles. The van der Waals surface area contributed by atoms with Crippen molar-refractivity contribution in [2.75, 3.05) is 0 Å². The number of rotatable bonds is 2. The number of thiophene rings is 1. The quantitative estimate of drug-likeness (QED) is 0.392. The van der Waals surface area contributed by atoms with E-state index in [2.05, 4.69) is 94.4 Å². The highest BCUT2D eigenvalue weighted by molar-refractivity contribution is 7.25. The predicted molar refractivity (Wildman–Crippen MR) is 120 cm³/mol. The Balaban J connectivity index is 1.64. The molecule has 0 spiro atoms. The Bertz CT molecular complexity index is 1180. The molecule has 1 saturated heterocycles. The van der Waals surface area contributed by atoms with E-state index in [4.69, 9.17) is 9.31 Å². The van der Waals surface area contributed by atoms with Gasteiger partial charge in [0.15, 0.2) is 0 Å². The molecule has 2 heterocycles. The lowest BCUT2D eigenvalue weighted by atomic mass is 9.74. The molecule has 0 saturated carbocycles. The number of hydrogen-bond donors (Lipinski definition) is 0. The van der Waals surface area contributed by atoms with Gasteiger partial charge in [0.2, 0.25) is 0 Å². The average molecular weight is 386 g/mol. The van der Waals surface area contributed by atoms with E-state index in [1.807, 2.05) is 11.3 Å². The van der Waals surface area contributed by atoms with Gasteiger partial charge in [-0.3, -0.25) is 0 Å².